The number of rotatable bonds is 2. The van der Waals surface area contributed by atoms with Crippen LogP contribution in [-0.4, -0.2) is 21.8 Å². The lowest BCUT2D eigenvalue weighted by molar-refractivity contribution is 0.347. The number of aromatic nitrogens is 2. The highest BCUT2D eigenvalue weighted by molar-refractivity contribution is 7.99. The fourth-order valence-corrected chi connectivity index (χ4v) is 1.98. The minimum Gasteiger partial charge on any atom is -0.338 e. The minimum atomic E-state index is 0. The van der Waals surface area contributed by atoms with E-state index in [1.165, 1.54) is 0 Å². The van der Waals surface area contributed by atoms with Crippen LogP contribution in [-0.2, 0) is 6.54 Å². The first-order valence-electron chi connectivity index (χ1n) is 3.74. The van der Waals surface area contributed by atoms with Crippen molar-refractivity contribution in [3.63, 3.8) is 0 Å². The van der Waals surface area contributed by atoms with Gasteiger partial charge in [-0.2, -0.15) is 4.98 Å². The summed E-state index contributed by atoms with van der Waals surface area (Å²) < 4.78 is 5.02. The van der Waals surface area contributed by atoms with Gasteiger partial charge in [-0.25, -0.2) is 0 Å². The molecule has 2 heterocycles. The predicted octanol–water partition coefficient (Wildman–Crippen LogP) is 0.285. The van der Waals surface area contributed by atoms with E-state index in [2.05, 4.69) is 15.5 Å². The van der Waals surface area contributed by atoms with Gasteiger partial charge in [0.2, 0.25) is 5.89 Å². The smallest absolute Gasteiger partial charge is 0.244 e. The zero-order chi connectivity index (χ0) is 8.39. The molecule has 74 valence electrons. The number of thioether (sulfide) groups is 1. The van der Waals surface area contributed by atoms with E-state index >= 15 is 0 Å². The van der Waals surface area contributed by atoms with Crippen LogP contribution < -0.4 is 11.1 Å². The number of nitrogens with one attached hydrogen (secondary N) is 1. The highest BCUT2D eigenvalue weighted by Gasteiger charge is 2.22. The van der Waals surface area contributed by atoms with E-state index in [4.69, 9.17) is 10.3 Å². The highest BCUT2D eigenvalue weighted by atomic mass is 35.5. The molecule has 5 nitrogen and oxygen atoms in total. The van der Waals surface area contributed by atoms with E-state index in [0.717, 1.165) is 11.6 Å². The first-order chi connectivity index (χ1) is 5.90. The summed E-state index contributed by atoms with van der Waals surface area (Å²) in [5.41, 5.74) is 5.35. The van der Waals surface area contributed by atoms with Gasteiger partial charge in [0.1, 0.15) is 0 Å². The molecule has 1 fully saturated rings. The predicted molar refractivity (Wildman–Crippen MR) is 52.6 cm³/mol. The lowest BCUT2D eigenvalue weighted by Crippen LogP contribution is -2.15. The van der Waals surface area contributed by atoms with E-state index in [-0.39, 0.29) is 18.4 Å². The number of nitrogens with two attached hydrogens (primary N) is 1. The van der Waals surface area contributed by atoms with Gasteiger partial charge in [0.15, 0.2) is 5.82 Å². The molecular formula is C6H11ClN4OS. The van der Waals surface area contributed by atoms with Crippen molar-refractivity contribution < 1.29 is 4.52 Å². The summed E-state index contributed by atoms with van der Waals surface area (Å²) >= 11 is 1.82. The molecule has 0 saturated carbocycles. The second-order valence-corrected chi connectivity index (χ2v) is 3.56. The molecule has 1 unspecified atom stereocenters. The standard InChI is InChI=1S/C6H10N4OS.ClH/c7-1-5-9-6(11-10-5)4-2-12-3-8-4;/h4,8H,1-3,7H2;1H. The van der Waals surface area contributed by atoms with Crippen molar-refractivity contribution in [1.29, 1.82) is 0 Å². The molecule has 1 saturated heterocycles. The minimum absolute atomic E-state index is 0. The monoisotopic (exact) mass is 222 g/mol. The van der Waals surface area contributed by atoms with Crippen LogP contribution in [0.2, 0.25) is 0 Å². The van der Waals surface area contributed by atoms with Gasteiger partial charge in [-0.1, -0.05) is 5.16 Å². The van der Waals surface area contributed by atoms with Crippen molar-refractivity contribution in [2.24, 2.45) is 5.73 Å². The van der Waals surface area contributed by atoms with Gasteiger partial charge in [0.25, 0.3) is 0 Å². The van der Waals surface area contributed by atoms with E-state index in [1.54, 1.807) is 0 Å². The maximum atomic E-state index is 5.35. The van der Waals surface area contributed by atoms with Gasteiger partial charge in [-0.05, 0) is 0 Å². The Balaban J connectivity index is 0.000000845. The molecule has 13 heavy (non-hydrogen) atoms. The van der Waals surface area contributed by atoms with Gasteiger partial charge in [0, 0.05) is 11.6 Å². The van der Waals surface area contributed by atoms with Crippen molar-refractivity contribution in [3.05, 3.63) is 11.7 Å². The maximum Gasteiger partial charge on any atom is 0.244 e. The molecule has 7 heteroatoms. The van der Waals surface area contributed by atoms with Crippen LogP contribution in [0.1, 0.15) is 17.8 Å². The Labute approximate surface area is 86.2 Å². The third-order valence-corrected chi connectivity index (χ3v) is 2.62. The quantitative estimate of drug-likeness (QED) is 0.749. The number of hydrogen-bond donors (Lipinski definition) is 2. The second kappa shape index (κ2) is 4.80. The molecule has 0 aliphatic carbocycles. The van der Waals surface area contributed by atoms with Crippen LogP contribution in [0.25, 0.3) is 0 Å². The van der Waals surface area contributed by atoms with Gasteiger partial charge >= 0.3 is 0 Å². The first-order valence-corrected chi connectivity index (χ1v) is 4.89. The van der Waals surface area contributed by atoms with Crippen molar-refractivity contribution >= 4 is 24.2 Å². The molecule has 0 spiro atoms. The van der Waals surface area contributed by atoms with Crippen LogP contribution in [0.5, 0.6) is 0 Å². The fourth-order valence-electron chi connectivity index (χ4n) is 1.05. The lowest BCUT2D eigenvalue weighted by atomic mass is 10.3. The van der Waals surface area contributed by atoms with Crippen molar-refractivity contribution in [2.45, 2.75) is 12.6 Å². The SMILES string of the molecule is Cl.NCc1noc(C2CSCN2)n1. The van der Waals surface area contributed by atoms with Crippen molar-refractivity contribution in [2.75, 3.05) is 11.6 Å². The summed E-state index contributed by atoms with van der Waals surface area (Å²) in [7, 11) is 0. The number of hydrogen-bond acceptors (Lipinski definition) is 6. The van der Waals surface area contributed by atoms with E-state index < -0.39 is 0 Å². The molecule has 0 bridgehead atoms. The van der Waals surface area contributed by atoms with Gasteiger partial charge in [-0.15, -0.1) is 24.2 Å². The summed E-state index contributed by atoms with van der Waals surface area (Å²) in [5.74, 6) is 3.17. The normalized spacial score (nSPS) is 21.5. The summed E-state index contributed by atoms with van der Waals surface area (Å²) in [6.45, 7) is 0.337. The average molecular weight is 223 g/mol. The molecule has 1 atom stereocenters. The molecule has 1 aromatic heterocycles. The van der Waals surface area contributed by atoms with Crippen molar-refractivity contribution in [1.82, 2.24) is 15.5 Å². The third kappa shape index (κ3) is 2.34. The number of halogens is 1. The first kappa shape index (κ1) is 10.8. The summed E-state index contributed by atoms with van der Waals surface area (Å²) in [5, 5.41) is 6.96. The van der Waals surface area contributed by atoms with Gasteiger partial charge < -0.3 is 10.3 Å². The Morgan fingerprint density at radius 3 is 3.08 bits per heavy atom. The molecule has 0 radical (unpaired) electrons. The Morgan fingerprint density at radius 2 is 2.54 bits per heavy atom. The molecule has 0 aromatic carbocycles. The summed E-state index contributed by atoms with van der Waals surface area (Å²) in [6.07, 6.45) is 0. The lowest BCUT2D eigenvalue weighted by Gasteiger charge is -1.99. The topological polar surface area (TPSA) is 77.0 Å². The molecule has 2 rings (SSSR count). The van der Waals surface area contributed by atoms with Crippen LogP contribution in [0.4, 0.5) is 0 Å². The Kier molecular flexibility index (Phi) is 3.98. The largest absolute Gasteiger partial charge is 0.338 e. The van der Waals surface area contributed by atoms with Crippen molar-refractivity contribution in [3.8, 4) is 0 Å². The Morgan fingerprint density at radius 1 is 1.69 bits per heavy atom. The number of nitrogens with zero attached hydrogens (tertiary/aromatic N) is 2. The van der Waals surface area contributed by atoms with Gasteiger partial charge in [0.05, 0.1) is 12.6 Å². The fraction of sp³-hybridized carbons (Fsp3) is 0.667. The van der Waals surface area contributed by atoms with E-state index in [9.17, 15) is 0 Å². The Bertz CT molecular complexity index is 263. The molecule has 1 aliphatic heterocycles. The van der Waals surface area contributed by atoms with E-state index in [1.807, 2.05) is 11.8 Å². The zero-order valence-electron chi connectivity index (χ0n) is 6.90. The summed E-state index contributed by atoms with van der Waals surface area (Å²) in [4.78, 5) is 4.13. The molecule has 3 N–H and O–H groups in total. The molecule has 0 amide bonds. The average Bonchev–Trinajstić information content (AvgIpc) is 2.75. The van der Waals surface area contributed by atoms with Crippen LogP contribution in [0.15, 0.2) is 4.52 Å². The van der Waals surface area contributed by atoms with Crippen LogP contribution in [0, 0.1) is 0 Å². The third-order valence-electron chi connectivity index (χ3n) is 1.68. The molecular weight excluding hydrogens is 212 g/mol. The van der Waals surface area contributed by atoms with Crippen LogP contribution >= 0.6 is 24.2 Å². The maximum absolute atomic E-state index is 5.35. The second-order valence-electron chi connectivity index (χ2n) is 2.52. The highest BCUT2D eigenvalue weighted by Crippen LogP contribution is 2.22. The molecule has 1 aromatic rings. The van der Waals surface area contributed by atoms with E-state index in [0.29, 0.717) is 18.3 Å². The zero-order valence-corrected chi connectivity index (χ0v) is 8.53. The Hall–Kier alpha value is -0.300. The van der Waals surface area contributed by atoms with Crippen LogP contribution in [0.3, 0.4) is 0 Å². The summed E-state index contributed by atoms with van der Waals surface area (Å²) in [6, 6.07) is 0.211. The molecule has 1 aliphatic rings. The van der Waals surface area contributed by atoms with Gasteiger partial charge in [-0.3, -0.25) is 5.32 Å².